The Hall–Kier alpha value is -0.960. The molecule has 2 unspecified atom stereocenters. The number of aryl methyl sites for hydroxylation is 1. The quantitative estimate of drug-likeness (QED) is 0.780. The average Bonchev–Trinajstić information content (AvgIpc) is 2.24. The van der Waals surface area contributed by atoms with Crippen LogP contribution in [0.5, 0.6) is 0 Å². The molecule has 1 aromatic carbocycles. The largest absolute Gasteiger partial charge is 0.328 e. The summed E-state index contributed by atoms with van der Waals surface area (Å²) >= 11 is 0. The molecular weight excluding hydrogens is 208 g/mol. The van der Waals surface area contributed by atoms with Crippen LogP contribution in [0.1, 0.15) is 42.7 Å². The van der Waals surface area contributed by atoms with Gasteiger partial charge in [0.2, 0.25) is 0 Å². The van der Waals surface area contributed by atoms with Crippen molar-refractivity contribution in [3.8, 4) is 0 Å². The molecule has 88 valence electrons. The Morgan fingerprint density at radius 1 is 1.25 bits per heavy atom. The Morgan fingerprint density at radius 3 is 2.69 bits per heavy atom. The van der Waals surface area contributed by atoms with Crippen LogP contribution >= 0.6 is 0 Å². The molecule has 0 heterocycles. The maximum atomic E-state index is 13.9. The van der Waals surface area contributed by atoms with Crippen LogP contribution < -0.4 is 5.73 Å². The second-order valence-corrected chi connectivity index (χ2v) is 4.72. The molecule has 16 heavy (non-hydrogen) atoms. The van der Waals surface area contributed by atoms with Gasteiger partial charge in [0.25, 0.3) is 0 Å². The first-order valence-electron chi connectivity index (χ1n) is 5.79. The third kappa shape index (κ3) is 2.09. The topological polar surface area (TPSA) is 26.0 Å². The van der Waals surface area contributed by atoms with E-state index in [2.05, 4.69) is 0 Å². The summed E-state index contributed by atoms with van der Waals surface area (Å²) in [5.74, 6) is -0.870. The molecule has 1 saturated carbocycles. The summed E-state index contributed by atoms with van der Waals surface area (Å²) < 4.78 is 27.6. The molecule has 0 saturated heterocycles. The van der Waals surface area contributed by atoms with Crippen molar-refractivity contribution in [2.45, 2.75) is 44.6 Å². The molecule has 0 aromatic heterocycles. The monoisotopic (exact) mass is 225 g/mol. The van der Waals surface area contributed by atoms with Gasteiger partial charge in [-0.25, -0.2) is 8.78 Å². The molecule has 0 bridgehead atoms. The van der Waals surface area contributed by atoms with Crippen LogP contribution in [0.4, 0.5) is 8.78 Å². The highest BCUT2D eigenvalue weighted by molar-refractivity contribution is 5.30. The van der Waals surface area contributed by atoms with Gasteiger partial charge < -0.3 is 5.73 Å². The van der Waals surface area contributed by atoms with E-state index in [0.717, 1.165) is 19.3 Å². The third-order valence-electron chi connectivity index (χ3n) is 3.44. The summed E-state index contributed by atoms with van der Waals surface area (Å²) in [6, 6.07) is 2.92. The van der Waals surface area contributed by atoms with Gasteiger partial charge in [-0.2, -0.15) is 0 Å². The standard InChI is InChI=1S/C13H17F2N/c1-8-5-6-11(14)12(13(8)15)9-3-2-4-10(16)7-9/h5-6,9-10H,2-4,7,16H2,1H3. The van der Waals surface area contributed by atoms with Crippen molar-refractivity contribution in [1.29, 1.82) is 0 Å². The Kier molecular flexibility index (Phi) is 3.24. The lowest BCUT2D eigenvalue weighted by atomic mass is 9.81. The fraction of sp³-hybridized carbons (Fsp3) is 0.538. The lowest BCUT2D eigenvalue weighted by Crippen LogP contribution is -2.27. The fourth-order valence-electron chi connectivity index (χ4n) is 2.54. The predicted octanol–water partition coefficient (Wildman–Crippen LogP) is 3.26. The number of benzene rings is 1. The van der Waals surface area contributed by atoms with Gasteiger partial charge in [-0.15, -0.1) is 0 Å². The third-order valence-corrected chi connectivity index (χ3v) is 3.44. The van der Waals surface area contributed by atoms with Crippen LogP contribution in [0.25, 0.3) is 0 Å². The van der Waals surface area contributed by atoms with E-state index in [-0.39, 0.29) is 23.3 Å². The zero-order chi connectivity index (χ0) is 11.7. The highest BCUT2D eigenvalue weighted by Crippen LogP contribution is 2.35. The maximum absolute atomic E-state index is 13.9. The molecule has 2 N–H and O–H groups in total. The first kappa shape index (κ1) is 11.5. The van der Waals surface area contributed by atoms with Gasteiger partial charge >= 0.3 is 0 Å². The van der Waals surface area contributed by atoms with E-state index in [4.69, 9.17) is 5.73 Å². The summed E-state index contributed by atoms with van der Waals surface area (Å²) in [7, 11) is 0. The number of hydrogen-bond acceptors (Lipinski definition) is 1. The van der Waals surface area contributed by atoms with Crippen molar-refractivity contribution in [1.82, 2.24) is 0 Å². The van der Waals surface area contributed by atoms with Gasteiger partial charge in [0, 0.05) is 11.6 Å². The molecule has 1 nitrogen and oxygen atoms in total. The Labute approximate surface area is 94.7 Å². The molecule has 3 heteroatoms. The van der Waals surface area contributed by atoms with Crippen LogP contribution in [0.2, 0.25) is 0 Å². The van der Waals surface area contributed by atoms with E-state index in [1.165, 1.54) is 12.1 Å². The van der Waals surface area contributed by atoms with E-state index < -0.39 is 5.82 Å². The molecule has 1 aliphatic carbocycles. The molecular formula is C13H17F2N. The van der Waals surface area contributed by atoms with Gasteiger partial charge in [-0.1, -0.05) is 12.5 Å². The molecule has 2 atom stereocenters. The highest BCUT2D eigenvalue weighted by Gasteiger charge is 2.26. The van der Waals surface area contributed by atoms with Crippen LogP contribution in [0.3, 0.4) is 0 Å². The Bertz CT molecular complexity index is 390. The van der Waals surface area contributed by atoms with Crippen molar-refractivity contribution >= 4 is 0 Å². The molecule has 1 fully saturated rings. The van der Waals surface area contributed by atoms with Crippen molar-refractivity contribution in [3.05, 3.63) is 34.9 Å². The molecule has 0 spiro atoms. The molecule has 1 aromatic rings. The molecule has 0 radical (unpaired) electrons. The number of nitrogens with two attached hydrogens (primary N) is 1. The van der Waals surface area contributed by atoms with Gasteiger partial charge in [0.15, 0.2) is 0 Å². The van der Waals surface area contributed by atoms with Crippen molar-refractivity contribution in [3.63, 3.8) is 0 Å². The molecule has 0 aliphatic heterocycles. The molecule has 1 aliphatic rings. The smallest absolute Gasteiger partial charge is 0.132 e. The lowest BCUT2D eigenvalue weighted by Gasteiger charge is -2.27. The van der Waals surface area contributed by atoms with Crippen molar-refractivity contribution < 1.29 is 8.78 Å². The first-order chi connectivity index (χ1) is 7.59. The molecule has 2 rings (SSSR count). The van der Waals surface area contributed by atoms with Gasteiger partial charge in [0.1, 0.15) is 11.6 Å². The predicted molar refractivity (Wildman–Crippen MR) is 60.3 cm³/mol. The van der Waals surface area contributed by atoms with Crippen LogP contribution in [-0.2, 0) is 0 Å². The van der Waals surface area contributed by atoms with E-state index in [1.54, 1.807) is 6.92 Å². The van der Waals surface area contributed by atoms with E-state index in [1.807, 2.05) is 0 Å². The summed E-state index contributed by atoms with van der Waals surface area (Å²) in [6.45, 7) is 1.67. The minimum absolute atomic E-state index is 0.0522. The SMILES string of the molecule is Cc1ccc(F)c(C2CCCC(N)C2)c1F. The minimum atomic E-state index is -0.429. The van der Waals surface area contributed by atoms with Crippen LogP contribution in [0.15, 0.2) is 12.1 Å². The summed E-state index contributed by atoms with van der Waals surface area (Å²) in [6.07, 6.45) is 3.45. The number of halogens is 2. The second kappa shape index (κ2) is 4.50. The van der Waals surface area contributed by atoms with Crippen LogP contribution in [0, 0.1) is 18.6 Å². The first-order valence-corrected chi connectivity index (χ1v) is 5.79. The zero-order valence-corrected chi connectivity index (χ0v) is 9.47. The van der Waals surface area contributed by atoms with E-state index in [0.29, 0.717) is 12.0 Å². The lowest BCUT2D eigenvalue weighted by molar-refractivity contribution is 0.373. The van der Waals surface area contributed by atoms with Crippen LogP contribution in [-0.4, -0.2) is 6.04 Å². The highest BCUT2D eigenvalue weighted by atomic mass is 19.1. The number of rotatable bonds is 1. The Balaban J connectivity index is 2.35. The maximum Gasteiger partial charge on any atom is 0.132 e. The normalized spacial score (nSPS) is 25.8. The zero-order valence-electron chi connectivity index (χ0n) is 9.47. The van der Waals surface area contributed by atoms with Gasteiger partial charge in [0.05, 0.1) is 0 Å². The Morgan fingerprint density at radius 2 is 2.00 bits per heavy atom. The van der Waals surface area contributed by atoms with Gasteiger partial charge in [-0.3, -0.25) is 0 Å². The van der Waals surface area contributed by atoms with Crippen molar-refractivity contribution in [2.24, 2.45) is 5.73 Å². The minimum Gasteiger partial charge on any atom is -0.328 e. The summed E-state index contributed by atoms with van der Waals surface area (Å²) in [4.78, 5) is 0. The fourth-order valence-corrected chi connectivity index (χ4v) is 2.54. The second-order valence-electron chi connectivity index (χ2n) is 4.72. The summed E-state index contributed by atoms with van der Waals surface area (Å²) in [5.41, 5.74) is 6.61. The van der Waals surface area contributed by atoms with E-state index in [9.17, 15) is 8.78 Å². The average molecular weight is 225 g/mol. The molecule has 0 amide bonds. The van der Waals surface area contributed by atoms with E-state index >= 15 is 0 Å². The number of hydrogen-bond donors (Lipinski definition) is 1. The van der Waals surface area contributed by atoms with Crippen molar-refractivity contribution in [2.75, 3.05) is 0 Å². The summed E-state index contributed by atoms with van der Waals surface area (Å²) in [5, 5.41) is 0. The van der Waals surface area contributed by atoms with Gasteiger partial charge in [-0.05, 0) is 43.7 Å².